The molecule has 2 aliphatic rings. The van der Waals surface area contributed by atoms with Crippen LogP contribution in [0.5, 0.6) is 11.5 Å². The van der Waals surface area contributed by atoms with E-state index < -0.39 is 6.04 Å². The van der Waals surface area contributed by atoms with Gasteiger partial charge in [-0.3, -0.25) is 9.69 Å². The molecule has 31 heavy (non-hydrogen) atoms. The van der Waals surface area contributed by atoms with Crippen LogP contribution in [0, 0.1) is 5.92 Å². The molecule has 6 nitrogen and oxygen atoms in total. The molecule has 0 unspecified atom stereocenters. The van der Waals surface area contributed by atoms with Crippen molar-refractivity contribution in [2.75, 3.05) is 14.2 Å². The van der Waals surface area contributed by atoms with Gasteiger partial charge in [-0.2, -0.15) is 4.99 Å². The molecule has 0 N–H and O–H groups in total. The molecule has 0 spiro atoms. The molecule has 0 saturated heterocycles. The predicted molar refractivity (Wildman–Crippen MR) is 126 cm³/mol. The summed E-state index contributed by atoms with van der Waals surface area (Å²) in [6.07, 6.45) is 0. The highest BCUT2D eigenvalue weighted by molar-refractivity contribution is 8.13. The van der Waals surface area contributed by atoms with E-state index in [1.807, 2.05) is 36.9 Å². The van der Waals surface area contributed by atoms with E-state index in [4.69, 9.17) is 37.7 Å². The van der Waals surface area contributed by atoms with Crippen LogP contribution in [0.25, 0.3) is 0 Å². The number of thioether (sulfide) groups is 1. The van der Waals surface area contributed by atoms with Crippen LogP contribution < -0.4 is 9.47 Å². The second-order valence-corrected chi connectivity index (χ2v) is 9.26. The molecular formula is C22H21Cl2N3O3S. The molecule has 0 saturated carbocycles. The van der Waals surface area contributed by atoms with Crippen LogP contribution in [0.2, 0.25) is 10.0 Å². The Morgan fingerprint density at radius 3 is 2.45 bits per heavy atom. The molecule has 0 aromatic heterocycles. The summed E-state index contributed by atoms with van der Waals surface area (Å²) in [6.45, 7) is 4.01. The van der Waals surface area contributed by atoms with Crippen LogP contribution in [-0.2, 0) is 10.5 Å². The van der Waals surface area contributed by atoms with Crippen molar-refractivity contribution in [3.63, 3.8) is 0 Å². The lowest BCUT2D eigenvalue weighted by Crippen LogP contribution is -2.46. The first-order valence-electron chi connectivity index (χ1n) is 9.67. The first kappa shape index (κ1) is 22.0. The molecule has 9 heteroatoms. The standard InChI is InChI=1S/C22H21Cl2N3O3S/c1-11(2)19-21(28)26-20-14-8-17(29-3)18(30-4)9-16(14)25-22(27(19)20)31-10-12-5-6-13(23)7-15(12)24/h5-9,11,19H,10H2,1-4H3/t19-/m1/s1. The first-order chi connectivity index (χ1) is 14.8. The van der Waals surface area contributed by atoms with E-state index in [9.17, 15) is 4.79 Å². The van der Waals surface area contributed by atoms with Crippen molar-refractivity contribution in [3.05, 3.63) is 51.5 Å². The third kappa shape index (κ3) is 4.02. The lowest BCUT2D eigenvalue weighted by atomic mass is 10.0. The summed E-state index contributed by atoms with van der Waals surface area (Å²) in [5, 5.41) is 1.87. The Morgan fingerprint density at radius 1 is 1.10 bits per heavy atom. The van der Waals surface area contributed by atoms with Crippen LogP contribution in [0.4, 0.5) is 5.69 Å². The number of benzene rings is 2. The average Bonchev–Trinajstić information content (AvgIpc) is 3.09. The number of carbonyl (C=O) groups is 1. The molecule has 2 aromatic carbocycles. The summed E-state index contributed by atoms with van der Waals surface area (Å²) in [6, 6.07) is 8.63. The molecule has 2 heterocycles. The highest BCUT2D eigenvalue weighted by atomic mass is 35.5. The van der Waals surface area contributed by atoms with Gasteiger partial charge in [-0.25, -0.2) is 4.99 Å². The van der Waals surface area contributed by atoms with Gasteiger partial charge in [0.25, 0.3) is 5.91 Å². The maximum atomic E-state index is 12.8. The number of hydrogen-bond donors (Lipinski definition) is 0. The van der Waals surface area contributed by atoms with Crippen molar-refractivity contribution in [1.82, 2.24) is 4.90 Å². The minimum atomic E-state index is -0.414. The van der Waals surface area contributed by atoms with E-state index in [2.05, 4.69) is 4.99 Å². The van der Waals surface area contributed by atoms with Crippen molar-refractivity contribution < 1.29 is 14.3 Å². The Morgan fingerprint density at radius 2 is 1.81 bits per heavy atom. The third-order valence-electron chi connectivity index (χ3n) is 5.14. The topological polar surface area (TPSA) is 63.5 Å². The normalized spacial score (nSPS) is 17.3. The number of carbonyl (C=O) groups excluding carboxylic acids is 1. The SMILES string of the molecule is COc1cc2c(cc1OC)C1=NC(=O)[C@@H](C(C)C)N1C(SCc1ccc(Cl)cc1Cl)=N2. The van der Waals surface area contributed by atoms with Crippen molar-refractivity contribution in [3.8, 4) is 11.5 Å². The van der Waals surface area contributed by atoms with E-state index in [-0.39, 0.29) is 11.8 Å². The molecule has 2 aliphatic heterocycles. The molecule has 2 aromatic rings. The van der Waals surface area contributed by atoms with Gasteiger partial charge in [0.2, 0.25) is 0 Å². The van der Waals surface area contributed by atoms with Gasteiger partial charge >= 0.3 is 0 Å². The molecule has 0 fully saturated rings. The summed E-state index contributed by atoms with van der Waals surface area (Å²) in [5.41, 5.74) is 2.35. The van der Waals surface area contributed by atoms with Gasteiger partial charge in [-0.05, 0) is 29.7 Å². The number of hydrogen-bond acceptors (Lipinski definition) is 6. The van der Waals surface area contributed by atoms with Crippen molar-refractivity contribution in [2.24, 2.45) is 15.9 Å². The Bertz CT molecular complexity index is 1120. The smallest absolute Gasteiger partial charge is 0.271 e. The van der Waals surface area contributed by atoms with Gasteiger partial charge in [0.1, 0.15) is 11.9 Å². The van der Waals surface area contributed by atoms with E-state index in [1.54, 1.807) is 26.4 Å². The van der Waals surface area contributed by atoms with E-state index in [1.165, 1.54) is 11.8 Å². The summed E-state index contributed by atoms with van der Waals surface area (Å²) in [7, 11) is 3.15. The Hall–Kier alpha value is -2.22. The number of methoxy groups -OCH3 is 2. The maximum absolute atomic E-state index is 12.8. The summed E-state index contributed by atoms with van der Waals surface area (Å²) >= 11 is 13.9. The number of fused-ring (bicyclic) bond motifs is 3. The van der Waals surface area contributed by atoms with Crippen molar-refractivity contribution >= 4 is 57.6 Å². The number of nitrogens with zero attached hydrogens (tertiary/aromatic N) is 3. The molecule has 0 radical (unpaired) electrons. The Labute approximate surface area is 195 Å². The van der Waals surface area contributed by atoms with Crippen LogP contribution >= 0.6 is 35.0 Å². The van der Waals surface area contributed by atoms with Gasteiger partial charge in [-0.1, -0.05) is 54.9 Å². The van der Waals surface area contributed by atoms with Crippen molar-refractivity contribution in [1.29, 1.82) is 0 Å². The lowest BCUT2D eigenvalue weighted by Gasteiger charge is -2.33. The second kappa shape index (κ2) is 8.73. The zero-order valence-corrected chi connectivity index (χ0v) is 19.8. The minimum Gasteiger partial charge on any atom is -0.493 e. The zero-order valence-electron chi connectivity index (χ0n) is 17.5. The zero-order chi connectivity index (χ0) is 22.3. The number of rotatable bonds is 5. The van der Waals surface area contributed by atoms with Gasteiger partial charge in [0, 0.05) is 27.4 Å². The van der Waals surface area contributed by atoms with E-state index in [0.29, 0.717) is 44.0 Å². The van der Waals surface area contributed by atoms with Gasteiger partial charge < -0.3 is 9.47 Å². The molecular weight excluding hydrogens is 457 g/mol. The van der Waals surface area contributed by atoms with Crippen LogP contribution in [0.3, 0.4) is 0 Å². The fourth-order valence-corrected chi connectivity index (χ4v) is 5.22. The quantitative estimate of drug-likeness (QED) is 0.563. The largest absolute Gasteiger partial charge is 0.493 e. The molecule has 0 bridgehead atoms. The molecule has 0 aliphatic carbocycles. The van der Waals surface area contributed by atoms with Crippen LogP contribution in [0.1, 0.15) is 25.0 Å². The van der Waals surface area contributed by atoms with Gasteiger partial charge in [0.05, 0.1) is 19.9 Å². The fourth-order valence-electron chi connectivity index (χ4n) is 3.63. The predicted octanol–water partition coefficient (Wildman–Crippen LogP) is 5.56. The van der Waals surface area contributed by atoms with Gasteiger partial charge in [-0.15, -0.1) is 0 Å². The van der Waals surface area contributed by atoms with E-state index in [0.717, 1.165) is 11.1 Å². The average molecular weight is 478 g/mol. The minimum absolute atomic E-state index is 0.0559. The van der Waals surface area contributed by atoms with Crippen LogP contribution in [-0.4, -0.2) is 42.1 Å². The summed E-state index contributed by atoms with van der Waals surface area (Å²) in [5.74, 6) is 2.16. The summed E-state index contributed by atoms with van der Waals surface area (Å²) < 4.78 is 10.9. The summed E-state index contributed by atoms with van der Waals surface area (Å²) in [4.78, 5) is 24.0. The molecule has 4 rings (SSSR count). The highest BCUT2D eigenvalue weighted by Gasteiger charge is 2.43. The Kier molecular flexibility index (Phi) is 6.19. The monoisotopic (exact) mass is 477 g/mol. The number of aliphatic imine (C=N–C) groups is 2. The Balaban J connectivity index is 1.78. The lowest BCUT2D eigenvalue weighted by molar-refractivity contribution is -0.120. The van der Waals surface area contributed by atoms with Crippen LogP contribution in [0.15, 0.2) is 40.3 Å². The highest BCUT2D eigenvalue weighted by Crippen LogP contribution is 2.42. The molecule has 1 atom stereocenters. The first-order valence-corrected chi connectivity index (χ1v) is 11.4. The number of halogens is 2. The fraction of sp³-hybridized carbons (Fsp3) is 0.318. The number of amides is 1. The van der Waals surface area contributed by atoms with E-state index >= 15 is 0 Å². The number of ether oxygens (including phenoxy) is 2. The maximum Gasteiger partial charge on any atom is 0.271 e. The van der Waals surface area contributed by atoms with Gasteiger partial charge in [0.15, 0.2) is 16.7 Å². The van der Waals surface area contributed by atoms with Crippen molar-refractivity contribution in [2.45, 2.75) is 25.6 Å². The molecule has 162 valence electrons. The third-order valence-corrected chi connectivity index (χ3v) is 6.73. The number of amidine groups is 2. The second-order valence-electron chi connectivity index (χ2n) is 7.48. The molecule has 1 amide bonds.